The molecule has 1 aromatic carbocycles. The van der Waals surface area contributed by atoms with Gasteiger partial charge in [-0.1, -0.05) is 25.5 Å². The number of nitrogen functional groups attached to an aromatic ring is 1. The lowest BCUT2D eigenvalue weighted by Crippen LogP contribution is -2.39. The summed E-state index contributed by atoms with van der Waals surface area (Å²) in [5.41, 5.74) is 12.3. The number of hydrogen-bond acceptors (Lipinski definition) is 3. The fraction of sp³-hybridized carbons (Fsp3) is 0.429. The number of benzene rings is 1. The largest absolute Gasteiger partial charge is 0.399 e. The molecule has 0 radical (unpaired) electrons. The first-order chi connectivity index (χ1) is 9.02. The van der Waals surface area contributed by atoms with Crippen molar-refractivity contribution in [3.8, 4) is 0 Å². The topological polar surface area (TPSA) is 89.4 Å². The highest BCUT2D eigenvalue weighted by Gasteiger charge is 2.15. The second kappa shape index (κ2) is 9.20. The van der Waals surface area contributed by atoms with Gasteiger partial charge in [0.25, 0.3) is 0 Å². The van der Waals surface area contributed by atoms with E-state index in [1.165, 1.54) is 4.90 Å². The van der Waals surface area contributed by atoms with E-state index in [4.69, 9.17) is 11.5 Å². The normalized spacial score (nSPS) is 9.65. The van der Waals surface area contributed by atoms with Gasteiger partial charge in [0.05, 0.1) is 13.0 Å². The van der Waals surface area contributed by atoms with Crippen LogP contribution < -0.4 is 11.5 Å². The first-order valence-electron chi connectivity index (χ1n) is 6.43. The molecule has 0 fully saturated rings. The van der Waals surface area contributed by atoms with Crippen molar-refractivity contribution in [2.24, 2.45) is 5.73 Å². The standard InChI is InChI=1S/C14H21N3O2.ClH/c1-2-3-8-17(10-13(16)18)14(19)9-11-4-6-12(15)7-5-11;/h4-7H,2-3,8-10,15H2,1H3,(H2,16,18);1H. The van der Waals surface area contributed by atoms with Crippen molar-refractivity contribution < 1.29 is 9.59 Å². The minimum atomic E-state index is -0.484. The van der Waals surface area contributed by atoms with Gasteiger partial charge in [0, 0.05) is 12.2 Å². The molecular formula is C14H22ClN3O2. The maximum Gasteiger partial charge on any atom is 0.237 e. The summed E-state index contributed by atoms with van der Waals surface area (Å²) in [5, 5.41) is 0. The zero-order valence-corrected chi connectivity index (χ0v) is 12.5. The Bertz CT molecular complexity index is 435. The molecule has 4 N–H and O–H groups in total. The molecule has 0 aromatic heterocycles. The molecule has 2 amide bonds. The number of hydrogen-bond donors (Lipinski definition) is 2. The molecule has 0 spiro atoms. The highest BCUT2D eigenvalue weighted by atomic mass is 35.5. The number of halogens is 1. The van der Waals surface area contributed by atoms with E-state index in [-0.39, 0.29) is 31.3 Å². The first kappa shape index (κ1) is 18.2. The fourth-order valence-corrected chi connectivity index (χ4v) is 1.75. The zero-order valence-electron chi connectivity index (χ0n) is 11.7. The van der Waals surface area contributed by atoms with E-state index in [2.05, 4.69) is 0 Å². The van der Waals surface area contributed by atoms with Crippen molar-refractivity contribution >= 4 is 29.9 Å². The Morgan fingerprint density at radius 1 is 1.20 bits per heavy atom. The van der Waals surface area contributed by atoms with Crippen molar-refractivity contribution in [2.75, 3.05) is 18.8 Å². The summed E-state index contributed by atoms with van der Waals surface area (Å²) in [6, 6.07) is 7.14. The predicted octanol–water partition coefficient (Wildman–Crippen LogP) is 1.35. The van der Waals surface area contributed by atoms with E-state index in [0.717, 1.165) is 18.4 Å². The number of anilines is 1. The molecule has 0 aliphatic carbocycles. The van der Waals surface area contributed by atoms with E-state index in [1.807, 2.05) is 19.1 Å². The number of rotatable bonds is 7. The van der Waals surface area contributed by atoms with Gasteiger partial charge in [0.15, 0.2) is 0 Å². The van der Waals surface area contributed by atoms with E-state index >= 15 is 0 Å². The van der Waals surface area contributed by atoms with Gasteiger partial charge in [0.2, 0.25) is 11.8 Å². The molecular weight excluding hydrogens is 278 g/mol. The van der Waals surface area contributed by atoms with E-state index in [0.29, 0.717) is 12.2 Å². The smallest absolute Gasteiger partial charge is 0.237 e. The summed E-state index contributed by atoms with van der Waals surface area (Å²) in [4.78, 5) is 24.6. The Morgan fingerprint density at radius 3 is 2.30 bits per heavy atom. The van der Waals surface area contributed by atoms with Crippen molar-refractivity contribution in [1.82, 2.24) is 4.90 Å². The molecule has 1 rings (SSSR count). The number of primary amides is 1. The van der Waals surface area contributed by atoms with Crippen LogP contribution in [0.5, 0.6) is 0 Å². The van der Waals surface area contributed by atoms with Crippen LogP contribution in [0.15, 0.2) is 24.3 Å². The third-order valence-corrected chi connectivity index (χ3v) is 2.82. The average molecular weight is 300 g/mol. The summed E-state index contributed by atoms with van der Waals surface area (Å²) in [6.07, 6.45) is 2.09. The second-order valence-corrected chi connectivity index (χ2v) is 4.55. The van der Waals surface area contributed by atoms with E-state index in [9.17, 15) is 9.59 Å². The van der Waals surface area contributed by atoms with E-state index in [1.54, 1.807) is 12.1 Å². The molecule has 0 unspecified atom stereocenters. The van der Waals surface area contributed by atoms with Crippen LogP contribution in [0.1, 0.15) is 25.3 Å². The number of unbranched alkanes of at least 4 members (excludes halogenated alkanes) is 1. The number of nitrogens with two attached hydrogens (primary N) is 2. The second-order valence-electron chi connectivity index (χ2n) is 4.55. The van der Waals surface area contributed by atoms with Gasteiger partial charge in [-0.05, 0) is 24.1 Å². The van der Waals surface area contributed by atoms with Gasteiger partial charge in [-0.3, -0.25) is 9.59 Å². The number of nitrogens with zero attached hydrogens (tertiary/aromatic N) is 1. The van der Waals surface area contributed by atoms with Gasteiger partial charge in [-0.2, -0.15) is 0 Å². The Labute approximate surface area is 125 Å². The van der Waals surface area contributed by atoms with Crippen molar-refractivity contribution in [3.05, 3.63) is 29.8 Å². The zero-order chi connectivity index (χ0) is 14.3. The predicted molar refractivity (Wildman–Crippen MR) is 82.5 cm³/mol. The third-order valence-electron chi connectivity index (χ3n) is 2.82. The summed E-state index contributed by atoms with van der Waals surface area (Å²) in [5.74, 6) is -0.571. The summed E-state index contributed by atoms with van der Waals surface area (Å²) in [7, 11) is 0. The van der Waals surface area contributed by atoms with Crippen LogP contribution in [0.2, 0.25) is 0 Å². The van der Waals surface area contributed by atoms with Crippen LogP contribution in [0, 0.1) is 0 Å². The Kier molecular flexibility index (Phi) is 8.40. The molecule has 0 aliphatic rings. The third kappa shape index (κ3) is 6.43. The molecule has 0 aliphatic heterocycles. The van der Waals surface area contributed by atoms with Crippen LogP contribution >= 0.6 is 12.4 Å². The fourth-order valence-electron chi connectivity index (χ4n) is 1.75. The molecule has 112 valence electrons. The van der Waals surface area contributed by atoms with Gasteiger partial charge >= 0.3 is 0 Å². The van der Waals surface area contributed by atoms with Gasteiger partial charge in [-0.25, -0.2) is 0 Å². The first-order valence-corrected chi connectivity index (χ1v) is 6.43. The quantitative estimate of drug-likeness (QED) is 0.745. The lowest BCUT2D eigenvalue weighted by molar-refractivity contribution is -0.134. The highest BCUT2D eigenvalue weighted by molar-refractivity contribution is 5.85. The Balaban J connectivity index is 0.00000361. The van der Waals surface area contributed by atoms with Crippen molar-refractivity contribution in [3.63, 3.8) is 0 Å². The Morgan fingerprint density at radius 2 is 1.80 bits per heavy atom. The van der Waals surface area contributed by atoms with Crippen LogP contribution in [0.3, 0.4) is 0 Å². The van der Waals surface area contributed by atoms with Crippen molar-refractivity contribution in [1.29, 1.82) is 0 Å². The highest BCUT2D eigenvalue weighted by Crippen LogP contribution is 2.08. The SMILES string of the molecule is CCCCN(CC(N)=O)C(=O)Cc1ccc(N)cc1.Cl. The molecule has 20 heavy (non-hydrogen) atoms. The molecule has 6 heteroatoms. The van der Waals surface area contributed by atoms with Gasteiger partial charge in [0.1, 0.15) is 0 Å². The van der Waals surface area contributed by atoms with Crippen LogP contribution in [-0.4, -0.2) is 29.8 Å². The molecule has 0 saturated carbocycles. The summed E-state index contributed by atoms with van der Waals surface area (Å²) < 4.78 is 0. The Hall–Kier alpha value is -1.75. The number of carbonyl (C=O) groups excluding carboxylic acids is 2. The maximum absolute atomic E-state index is 12.1. The van der Waals surface area contributed by atoms with Gasteiger partial charge < -0.3 is 16.4 Å². The van der Waals surface area contributed by atoms with Crippen LogP contribution in [0.25, 0.3) is 0 Å². The molecule has 1 aromatic rings. The minimum Gasteiger partial charge on any atom is -0.399 e. The molecule has 0 bridgehead atoms. The number of amides is 2. The summed E-state index contributed by atoms with van der Waals surface area (Å²) in [6.45, 7) is 2.58. The number of carbonyl (C=O) groups is 2. The average Bonchev–Trinajstić information content (AvgIpc) is 2.36. The molecule has 5 nitrogen and oxygen atoms in total. The monoisotopic (exact) mass is 299 g/mol. The lowest BCUT2D eigenvalue weighted by Gasteiger charge is -2.21. The van der Waals surface area contributed by atoms with Crippen LogP contribution in [-0.2, 0) is 16.0 Å². The lowest BCUT2D eigenvalue weighted by atomic mass is 10.1. The molecule has 0 saturated heterocycles. The maximum atomic E-state index is 12.1. The molecule has 0 heterocycles. The van der Waals surface area contributed by atoms with E-state index < -0.39 is 5.91 Å². The van der Waals surface area contributed by atoms with Crippen LogP contribution in [0.4, 0.5) is 5.69 Å². The summed E-state index contributed by atoms with van der Waals surface area (Å²) >= 11 is 0. The molecule has 0 atom stereocenters. The van der Waals surface area contributed by atoms with Gasteiger partial charge in [-0.15, -0.1) is 12.4 Å². The minimum absolute atomic E-state index is 0. The van der Waals surface area contributed by atoms with Crippen molar-refractivity contribution in [2.45, 2.75) is 26.2 Å².